The van der Waals surface area contributed by atoms with Gasteiger partial charge in [0.2, 0.25) is 0 Å². The van der Waals surface area contributed by atoms with E-state index in [4.69, 9.17) is 4.99 Å². The number of aliphatic imine (C=N–C) groups is 1. The average Bonchev–Trinajstić information content (AvgIpc) is 3.20. The van der Waals surface area contributed by atoms with Crippen LogP contribution in [0.5, 0.6) is 0 Å². The van der Waals surface area contributed by atoms with Gasteiger partial charge in [-0.1, -0.05) is 42.5 Å². The number of Topliss-reactive ketones (excluding diaryl/α,β-unsaturated/α-hetero) is 1. The van der Waals surface area contributed by atoms with Crippen molar-refractivity contribution in [2.45, 2.75) is 38.3 Å². The van der Waals surface area contributed by atoms with Gasteiger partial charge >= 0.3 is 0 Å². The zero-order valence-corrected chi connectivity index (χ0v) is 20.1. The van der Waals surface area contributed by atoms with Crippen LogP contribution in [-0.4, -0.2) is 54.0 Å². The van der Waals surface area contributed by atoms with Crippen LogP contribution in [0.4, 0.5) is 5.69 Å². The third-order valence-corrected chi connectivity index (χ3v) is 7.56. The van der Waals surface area contributed by atoms with E-state index in [9.17, 15) is 9.59 Å². The summed E-state index contributed by atoms with van der Waals surface area (Å²) in [5.74, 6) is 0.265. The number of carbonyl (C=O) groups excluding carboxylic acids is 2. The normalized spacial score (nSPS) is 22.5. The maximum absolute atomic E-state index is 12.5. The zero-order chi connectivity index (χ0) is 23.3. The second-order valence-corrected chi connectivity index (χ2v) is 10.1. The van der Waals surface area contributed by atoms with E-state index in [0.717, 1.165) is 56.8 Å². The number of piperidine rings is 2. The number of likely N-dealkylation sites (tertiary alicyclic amines) is 1. The van der Waals surface area contributed by atoms with Gasteiger partial charge in [0.15, 0.2) is 5.17 Å². The number of hydrogen-bond donors (Lipinski definition) is 1. The number of rotatable bonds is 5. The van der Waals surface area contributed by atoms with E-state index >= 15 is 0 Å². The number of anilines is 1. The van der Waals surface area contributed by atoms with Gasteiger partial charge in [-0.25, -0.2) is 0 Å². The van der Waals surface area contributed by atoms with Gasteiger partial charge in [-0.3, -0.25) is 19.5 Å². The van der Waals surface area contributed by atoms with Crippen LogP contribution in [0.15, 0.2) is 64.5 Å². The molecular formula is C27H30N4O2S. The molecule has 0 saturated carbocycles. The van der Waals surface area contributed by atoms with Crippen molar-refractivity contribution in [2.24, 2.45) is 4.99 Å². The first-order valence-electron chi connectivity index (χ1n) is 12.0. The minimum Gasteiger partial charge on any atom is -0.371 e. The molecule has 3 saturated heterocycles. The Kier molecular flexibility index (Phi) is 7.11. The molecule has 0 aromatic heterocycles. The Morgan fingerprint density at radius 1 is 0.941 bits per heavy atom. The largest absolute Gasteiger partial charge is 0.371 e. The van der Waals surface area contributed by atoms with Crippen molar-refractivity contribution < 1.29 is 9.59 Å². The van der Waals surface area contributed by atoms with Crippen LogP contribution in [0.3, 0.4) is 0 Å². The number of ketones is 1. The van der Waals surface area contributed by atoms with Crippen molar-refractivity contribution in [3.05, 3.63) is 70.6 Å². The lowest BCUT2D eigenvalue weighted by Gasteiger charge is -2.30. The number of thioether (sulfide) groups is 1. The molecule has 3 fully saturated rings. The van der Waals surface area contributed by atoms with Crippen LogP contribution in [-0.2, 0) is 16.1 Å². The third-order valence-electron chi connectivity index (χ3n) is 6.63. The Morgan fingerprint density at radius 3 is 2.35 bits per heavy atom. The molecule has 2 aromatic rings. The monoisotopic (exact) mass is 474 g/mol. The highest BCUT2D eigenvalue weighted by Crippen LogP contribution is 2.28. The fourth-order valence-corrected chi connectivity index (χ4v) is 5.54. The predicted molar refractivity (Wildman–Crippen MR) is 139 cm³/mol. The Morgan fingerprint density at radius 2 is 1.65 bits per heavy atom. The molecule has 1 amide bonds. The van der Waals surface area contributed by atoms with E-state index in [-0.39, 0.29) is 11.9 Å². The molecule has 2 aromatic carbocycles. The Balaban J connectivity index is 1.15. The first kappa shape index (κ1) is 22.9. The summed E-state index contributed by atoms with van der Waals surface area (Å²) in [5.41, 5.74) is 3.46. The summed E-state index contributed by atoms with van der Waals surface area (Å²) in [7, 11) is 0. The second-order valence-electron chi connectivity index (χ2n) is 9.11. The molecule has 176 valence electrons. The lowest BCUT2D eigenvalue weighted by atomic mass is 10.0. The predicted octanol–water partition coefficient (Wildman–Crippen LogP) is 4.08. The van der Waals surface area contributed by atoms with Crippen molar-refractivity contribution in [1.29, 1.82) is 0 Å². The molecule has 0 aliphatic carbocycles. The number of benzene rings is 2. The summed E-state index contributed by atoms with van der Waals surface area (Å²) in [6.45, 7) is 4.59. The highest BCUT2D eigenvalue weighted by molar-refractivity contribution is 8.18. The molecule has 3 aliphatic heterocycles. The van der Waals surface area contributed by atoms with Crippen LogP contribution in [0.25, 0.3) is 6.08 Å². The van der Waals surface area contributed by atoms with Crippen LogP contribution < -0.4 is 10.2 Å². The van der Waals surface area contributed by atoms with Gasteiger partial charge in [-0.2, -0.15) is 0 Å². The maximum Gasteiger partial charge on any atom is 0.264 e. The third kappa shape index (κ3) is 5.77. The first-order valence-corrected chi connectivity index (χ1v) is 12.9. The lowest BCUT2D eigenvalue weighted by molar-refractivity contribution is -0.119. The number of nitrogens with zero attached hydrogens (tertiary/aromatic N) is 3. The fourth-order valence-electron chi connectivity index (χ4n) is 4.65. The molecule has 7 heteroatoms. The zero-order valence-electron chi connectivity index (χ0n) is 19.3. The van der Waals surface area contributed by atoms with Gasteiger partial charge in [0, 0.05) is 51.3 Å². The average molecular weight is 475 g/mol. The number of hydrogen-bond acceptors (Lipinski definition) is 6. The molecule has 6 nitrogen and oxygen atoms in total. The van der Waals surface area contributed by atoms with Crippen LogP contribution in [0.1, 0.15) is 36.8 Å². The van der Waals surface area contributed by atoms with Crippen molar-refractivity contribution >= 4 is 40.4 Å². The van der Waals surface area contributed by atoms with Crippen molar-refractivity contribution in [1.82, 2.24) is 10.2 Å². The van der Waals surface area contributed by atoms with Gasteiger partial charge < -0.3 is 10.2 Å². The lowest BCUT2D eigenvalue weighted by Crippen LogP contribution is -2.35. The highest BCUT2D eigenvalue weighted by atomic mass is 32.2. The van der Waals surface area contributed by atoms with E-state index in [1.54, 1.807) is 0 Å². The summed E-state index contributed by atoms with van der Waals surface area (Å²) < 4.78 is 0. The van der Waals surface area contributed by atoms with Gasteiger partial charge in [-0.15, -0.1) is 0 Å². The standard InChI is InChI=1S/C27H30N4O2S/c32-24-12-16-31(17-13-24)23-8-6-20(7-9-23)18-25-26(33)29-27(34-25)28-22-10-14-30(15-11-22)19-21-4-2-1-3-5-21/h1-9,18,22H,10-17,19H2,(H,28,29,33)/b25-18+. The maximum atomic E-state index is 12.5. The van der Waals surface area contributed by atoms with E-state index in [1.807, 2.05) is 18.2 Å². The Bertz CT molecular complexity index is 1080. The molecule has 0 atom stereocenters. The topological polar surface area (TPSA) is 65.0 Å². The van der Waals surface area contributed by atoms with Crippen LogP contribution in [0, 0.1) is 0 Å². The quantitative estimate of drug-likeness (QED) is 0.662. The Hall–Kier alpha value is -2.90. The van der Waals surface area contributed by atoms with Gasteiger partial charge in [-0.05, 0) is 53.9 Å². The number of amidine groups is 1. The van der Waals surface area contributed by atoms with Crippen LogP contribution in [0.2, 0.25) is 0 Å². The number of nitrogens with one attached hydrogen (secondary N) is 1. The summed E-state index contributed by atoms with van der Waals surface area (Å²) in [4.78, 5) is 34.2. The number of amides is 1. The molecule has 0 unspecified atom stereocenters. The van der Waals surface area contributed by atoms with Gasteiger partial charge in [0.1, 0.15) is 5.78 Å². The highest BCUT2D eigenvalue weighted by Gasteiger charge is 2.26. The van der Waals surface area contributed by atoms with Gasteiger partial charge in [0.25, 0.3) is 5.91 Å². The fraction of sp³-hybridized carbons (Fsp3) is 0.370. The summed E-state index contributed by atoms with van der Waals surface area (Å²) in [6, 6.07) is 19.0. The summed E-state index contributed by atoms with van der Waals surface area (Å²) in [5, 5.41) is 3.66. The smallest absolute Gasteiger partial charge is 0.264 e. The minimum atomic E-state index is -0.0797. The van der Waals surface area contributed by atoms with Crippen molar-refractivity contribution in [3.63, 3.8) is 0 Å². The molecular weight excluding hydrogens is 444 g/mol. The number of carbonyl (C=O) groups is 2. The Labute approximate surface area is 205 Å². The molecule has 34 heavy (non-hydrogen) atoms. The molecule has 0 radical (unpaired) electrons. The van der Waals surface area contributed by atoms with E-state index in [1.165, 1.54) is 17.3 Å². The summed E-state index contributed by atoms with van der Waals surface area (Å²) >= 11 is 1.43. The molecule has 3 heterocycles. The minimum absolute atomic E-state index is 0.0797. The van der Waals surface area contributed by atoms with Crippen LogP contribution >= 0.6 is 11.8 Å². The molecule has 3 aliphatic rings. The van der Waals surface area contributed by atoms with Gasteiger partial charge in [0.05, 0.1) is 10.9 Å². The van der Waals surface area contributed by atoms with E-state index in [0.29, 0.717) is 28.7 Å². The molecule has 1 N–H and O–H groups in total. The van der Waals surface area contributed by atoms with E-state index in [2.05, 4.69) is 57.6 Å². The molecule has 0 bridgehead atoms. The van der Waals surface area contributed by atoms with Crippen molar-refractivity contribution in [3.8, 4) is 0 Å². The van der Waals surface area contributed by atoms with E-state index < -0.39 is 0 Å². The summed E-state index contributed by atoms with van der Waals surface area (Å²) in [6.07, 6.45) is 5.19. The molecule has 0 spiro atoms. The van der Waals surface area contributed by atoms with Crippen molar-refractivity contribution in [2.75, 3.05) is 31.1 Å². The molecule has 5 rings (SSSR count). The SMILES string of the molecule is O=C1CCN(c2ccc(/C=C3/SC(=NC4CCN(Cc5ccccc5)CC4)NC3=O)cc2)CC1. The first-order chi connectivity index (χ1) is 16.6. The second kappa shape index (κ2) is 10.6.